The van der Waals surface area contributed by atoms with Crippen LogP contribution < -0.4 is 10.0 Å². The molecular weight excluding hydrogens is 500 g/mol. The fourth-order valence-corrected chi connectivity index (χ4v) is 4.24. The van der Waals surface area contributed by atoms with Gasteiger partial charge in [0, 0.05) is 39.9 Å². The number of aryl methyl sites for hydroxylation is 1. The van der Waals surface area contributed by atoms with Crippen LogP contribution in [-0.4, -0.2) is 35.1 Å². The van der Waals surface area contributed by atoms with E-state index < -0.39 is 27.6 Å². The zero-order chi connectivity index (χ0) is 25.3. The van der Waals surface area contributed by atoms with Crippen molar-refractivity contribution in [3.8, 4) is 16.9 Å². The number of halogens is 3. The second-order valence-electron chi connectivity index (χ2n) is 7.71. The Morgan fingerprint density at radius 3 is 2.43 bits per heavy atom. The molecule has 35 heavy (non-hydrogen) atoms. The summed E-state index contributed by atoms with van der Waals surface area (Å²) in [5.41, 5.74) is 1.91. The van der Waals surface area contributed by atoms with E-state index >= 15 is 0 Å². The Labute approximate surface area is 204 Å². The van der Waals surface area contributed by atoms with E-state index in [-0.39, 0.29) is 33.3 Å². The van der Waals surface area contributed by atoms with Gasteiger partial charge in [0.2, 0.25) is 10.0 Å². The van der Waals surface area contributed by atoms with E-state index in [4.69, 9.17) is 11.6 Å². The van der Waals surface area contributed by atoms with Crippen molar-refractivity contribution in [3.05, 3.63) is 89.1 Å². The first kappa shape index (κ1) is 24.3. The van der Waals surface area contributed by atoms with E-state index in [2.05, 4.69) is 20.0 Å². The van der Waals surface area contributed by atoms with Crippen LogP contribution in [0.1, 0.15) is 16.1 Å². The highest BCUT2D eigenvalue weighted by Gasteiger charge is 2.17. The first-order valence-corrected chi connectivity index (χ1v) is 12.3. The third kappa shape index (κ3) is 5.81. The lowest BCUT2D eigenvalue weighted by molar-refractivity contribution is 0.102. The van der Waals surface area contributed by atoms with E-state index in [1.807, 2.05) is 0 Å². The molecule has 4 rings (SSSR count). The molecule has 8 nitrogen and oxygen atoms in total. The van der Waals surface area contributed by atoms with Gasteiger partial charge in [-0.2, -0.15) is 0 Å². The Bertz CT molecular complexity index is 1560. The number of benzene rings is 1. The topological polar surface area (TPSA) is 106 Å². The summed E-state index contributed by atoms with van der Waals surface area (Å²) in [7, 11) is -3.54. The fraction of sp³-hybridized carbons (Fsp3) is 0.0870. The van der Waals surface area contributed by atoms with Crippen LogP contribution in [0.4, 0.5) is 20.2 Å². The van der Waals surface area contributed by atoms with Crippen molar-refractivity contribution in [2.45, 2.75) is 6.92 Å². The molecule has 12 heteroatoms. The summed E-state index contributed by atoms with van der Waals surface area (Å²) in [5.74, 6) is -1.43. The number of anilines is 2. The number of pyridine rings is 2. The van der Waals surface area contributed by atoms with E-state index in [9.17, 15) is 22.0 Å². The number of aromatic nitrogens is 3. The van der Waals surface area contributed by atoms with Crippen LogP contribution in [-0.2, 0) is 10.0 Å². The van der Waals surface area contributed by atoms with Crippen molar-refractivity contribution in [2.75, 3.05) is 16.3 Å². The number of hydrogen-bond acceptors (Lipinski definition) is 5. The second kappa shape index (κ2) is 9.43. The van der Waals surface area contributed by atoms with Crippen molar-refractivity contribution < 1.29 is 22.0 Å². The average Bonchev–Trinajstić information content (AvgIpc) is 3.13. The molecule has 3 heterocycles. The molecule has 0 fully saturated rings. The summed E-state index contributed by atoms with van der Waals surface area (Å²) >= 11 is 6.06. The first-order valence-electron chi connectivity index (χ1n) is 10.0. The van der Waals surface area contributed by atoms with Gasteiger partial charge in [0.1, 0.15) is 17.5 Å². The van der Waals surface area contributed by atoms with Crippen molar-refractivity contribution in [2.24, 2.45) is 0 Å². The quantitative estimate of drug-likeness (QED) is 0.382. The van der Waals surface area contributed by atoms with Crippen LogP contribution >= 0.6 is 11.6 Å². The lowest BCUT2D eigenvalue weighted by Gasteiger charge is -2.12. The van der Waals surface area contributed by atoms with Gasteiger partial charge in [-0.05, 0) is 43.3 Å². The van der Waals surface area contributed by atoms with Crippen LogP contribution in [0, 0.1) is 18.6 Å². The maximum atomic E-state index is 14.0. The maximum Gasteiger partial charge on any atom is 0.257 e. The van der Waals surface area contributed by atoms with Crippen LogP contribution in [0.15, 0.2) is 61.2 Å². The molecule has 2 N–H and O–H groups in total. The number of nitrogens with one attached hydrogen (secondary N) is 2. The van der Waals surface area contributed by atoms with Gasteiger partial charge in [0.25, 0.3) is 5.91 Å². The molecule has 0 unspecified atom stereocenters. The van der Waals surface area contributed by atoms with E-state index in [1.165, 1.54) is 42.7 Å². The highest BCUT2D eigenvalue weighted by atomic mass is 35.5. The SMILES string of the molecule is Cc1cc(C(=O)Nc2cc(Cl)cc(NS(C)(=O)=O)c2)cn1-c1ncc(F)cc1-c1cncc(F)c1. The maximum absolute atomic E-state index is 14.0. The molecule has 0 saturated carbocycles. The number of carbonyl (C=O) groups excluding carboxylic acids is 1. The van der Waals surface area contributed by atoms with Crippen LogP contribution in [0.25, 0.3) is 16.9 Å². The fourth-order valence-electron chi connectivity index (χ4n) is 3.46. The molecule has 4 aromatic rings. The molecule has 0 atom stereocenters. The number of carbonyl (C=O) groups is 1. The average molecular weight is 518 g/mol. The monoisotopic (exact) mass is 517 g/mol. The largest absolute Gasteiger partial charge is 0.322 e. The predicted octanol–water partition coefficient (Wildman–Crippen LogP) is 4.80. The summed E-state index contributed by atoms with van der Waals surface area (Å²) in [4.78, 5) is 20.9. The van der Waals surface area contributed by atoms with Crippen LogP contribution in [0.3, 0.4) is 0 Å². The van der Waals surface area contributed by atoms with Crippen molar-refractivity contribution in [1.82, 2.24) is 14.5 Å². The molecule has 0 radical (unpaired) electrons. The Morgan fingerprint density at radius 1 is 1.00 bits per heavy atom. The number of sulfonamides is 1. The minimum Gasteiger partial charge on any atom is -0.322 e. The summed E-state index contributed by atoms with van der Waals surface area (Å²) in [6, 6.07) is 8.30. The minimum absolute atomic E-state index is 0.188. The normalized spacial score (nSPS) is 11.3. The molecule has 0 bridgehead atoms. The Morgan fingerprint density at radius 2 is 1.71 bits per heavy atom. The van der Waals surface area contributed by atoms with Crippen LogP contribution in [0.5, 0.6) is 0 Å². The molecule has 1 amide bonds. The van der Waals surface area contributed by atoms with Crippen molar-refractivity contribution in [3.63, 3.8) is 0 Å². The van der Waals surface area contributed by atoms with Crippen molar-refractivity contribution >= 4 is 38.9 Å². The molecule has 3 aromatic heterocycles. The molecule has 0 saturated heterocycles. The number of hydrogen-bond donors (Lipinski definition) is 2. The molecule has 0 aliphatic rings. The minimum atomic E-state index is -3.54. The Kier molecular flexibility index (Phi) is 6.55. The molecule has 0 aliphatic carbocycles. The third-order valence-electron chi connectivity index (χ3n) is 4.81. The second-order valence-corrected chi connectivity index (χ2v) is 9.90. The van der Waals surface area contributed by atoms with Crippen LogP contribution in [0.2, 0.25) is 5.02 Å². The summed E-state index contributed by atoms with van der Waals surface area (Å²) in [5, 5.41) is 2.88. The standard InChI is InChI=1S/C23H18ClF2N5O3S/c1-13-3-15(23(32)29-19-5-16(24)6-20(8-19)30-35(2,33)34)12-31(13)22-21(7-18(26)11-28-22)14-4-17(25)10-27-9-14/h3-12,30H,1-2H3,(H,29,32). The number of amides is 1. The van der Waals surface area contributed by atoms with Crippen molar-refractivity contribution in [1.29, 1.82) is 0 Å². The van der Waals surface area contributed by atoms with Gasteiger partial charge in [-0.1, -0.05) is 11.6 Å². The van der Waals surface area contributed by atoms with Gasteiger partial charge in [-0.25, -0.2) is 22.2 Å². The lowest BCUT2D eigenvalue weighted by Crippen LogP contribution is -2.13. The zero-order valence-corrected chi connectivity index (χ0v) is 20.0. The summed E-state index contributed by atoms with van der Waals surface area (Å²) in [6.45, 7) is 1.73. The smallest absolute Gasteiger partial charge is 0.257 e. The van der Waals surface area contributed by atoms with E-state index in [0.29, 0.717) is 11.3 Å². The molecule has 180 valence electrons. The van der Waals surface area contributed by atoms with Gasteiger partial charge < -0.3 is 9.88 Å². The zero-order valence-electron chi connectivity index (χ0n) is 18.4. The highest BCUT2D eigenvalue weighted by Crippen LogP contribution is 2.28. The lowest BCUT2D eigenvalue weighted by atomic mass is 10.1. The molecule has 0 aliphatic heterocycles. The summed E-state index contributed by atoms with van der Waals surface area (Å²) in [6.07, 6.45) is 5.94. The Hall–Kier alpha value is -3.83. The number of rotatable bonds is 6. The highest BCUT2D eigenvalue weighted by molar-refractivity contribution is 7.92. The van der Waals surface area contributed by atoms with Gasteiger partial charge in [-0.3, -0.25) is 14.5 Å². The Balaban J connectivity index is 1.67. The third-order valence-corrected chi connectivity index (χ3v) is 5.64. The van der Waals surface area contributed by atoms with Gasteiger partial charge in [-0.15, -0.1) is 0 Å². The summed E-state index contributed by atoms with van der Waals surface area (Å²) < 4.78 is 54.6. The molecular formula is C23H18ClF2N5O3S. The van der Waals surface area contributed by atoms with Gasteiger partial charge in [0.15, 0.2) is 0 Å². The molecule has 1 aromatic carbocycles. The van der Waals surface area contributed by atoms with Gasteiger partial charge in [0.05, 0.1) is 29.9 Å². The van der Waals surface area contributed by atoms with E-state index in [0.717, 1.165) is 18.6 Å². The van der Waals surface area contributed by atoms with Gasteiger partial charge >= 0.3 is 0 Å². The first-order chi connectivity index (χ1) is 16.5. The molecule has 0 spiro atoms. The number of nitrogens with zero attached hydrogens (tertiary/aromatic N) is 3. The predicted molar refractivity (Wildman–Crippen MR) is 129 cm³/mol. The van der Waals surface area contributed by atoms with E-state index in [1.54, 1.807) is 17.6 Å².